The zero-order valence-electron chi connectivity index (χ0n) is 21.0. The van der Waals surface area contributed by atoms with Gasteiger partial charge in [0.05, 0.1) is 18.3 Å². The number of oxazole rings is 1. The number of hydrogen-bond donors (Lipinski definition) is 3. The highest BCUT2D eigenvalue weighted by atomic mass is 19.1. The Balaban J connectivity index is 1.45. The molecule has 11 nitrogen and oxygen atoms in total. The average Bonchev–Trinajstić information content (AvgIpc) is 3.58. The molecule has 1 aliphatic heterocycles. The zero-order valence-corrected chi connectivity index (χ0v) is 21.0. The minimum Gasteiger partial charge on any atom is -0.444 e. The monoisotopic (exact) mass is 519 g/mol. The van der Waals surface area contributed by atoms with Gasteiger partial charge in [-0.3, -0.25) is 14.3 Å². The molecule has 1 aliphatic rings. The van der Waals surface area contributed by atoms with Crippen LogP contribution in [-0.2, 0) is 13.6 Å². The summed E-state index contributed by atoms with van der Waals surface area (Å²) in [5.74, 6) is -0.387. The number of fused-ring (bicyclic) bond motifs is 1. The van der Waals surface area contributed by atoms with Gasteiger partial charge in [0, 0.05) is 53.9 Å². The van der Waals surface area contributed by atoms with Crippen molar-refractivity contribution in [3.05, 3.63) is 65.9 Å². The molecule has 0 fully saturated rings. The van der Waals surface area contributed by atoms with E-state index < -0.39 is 17.7 Å². The van der Waals surface area contributed by atoms with Crippen molar-refractivity contribution in [2.75, 3.05) is 17.6 Å². The topological polar surface area (TPSA) is 152 Å². The van der Waals surface area contributed by atoms with Crippen LogP contribution in [0.4, 0.5) is 15.9 Å². The van der Waals surface area contributed by atoms with E-state index in [9.17, 15) is 19.1 Å². The zero-order chi connectivity index (χ0) is 27.2. The van der Waals surface area contributed by atoms with Crippen LogP contribution in [-0.4, -0.2) is 59.9 Å². The number of anilines is 2. The van der Waals surface area contributed by atoms with Crippen molar-refractivity contribution < 1.29 is 23.5 Å². The first-order chi connectivity index (χ1) is 18.0. The van der Waals surface area contributed by atoms with Crippen LogP contribution in [0.5, 0.6) is 0 Å². The summed E-state index contributed by atoms with van der Waals surface area (Å²) >= 11 is 0. The molecule has 2 amide bonds. The Morgan fingerprint density at radius 3 is 2.76 bits per heavy atom. The van der Waals surface area contributed by atoms with E-state index in [0.29, 0.717) is 33.5 Å². The van der Waals surface area contributed by atoms with Crippen LogP contribution in [0.1, 0.15) is 40.3 Å². The van der Waals surface area contributed by atoms with Crippen LogP contribution in [0.2, 0.25) is 0 Å². The Morgan fingerprint density at radius 2 is 2.08 bits per heavy atom. The molecule has 0 bridgehead atoms. The summed E-state index contributed by atoms with van der Waals surface area (Å²) in [5, 5.41) is 17.0. The number of halogens is 1. The van der Waals surface area contributed by atoms with Crippen molar-refractivity contribution in [3.8, 4) is 22.6 Å². The first-order valence-corrected chi connectivity index (χ1v) is 11.8. The SMILES string of the molecule is Cn1cc(-c2cc3c(cc2NC(=O)c2coc(-c4ccnc(N)c4)n2)CN(C[C@@H](F)C(C)(C)O)C3=O)cn1. The molecule has 12 heteroatoms. The largest absolute Gasteiger partial charge is 0.444 e. The molecular formula is C26H26FN7O4. The smallest absolute Gasteiger partial charge is 0.277 e. The van der Waals surface area contributed by atoms with Crippen LogP contribution >= 0.6 is 0 Å². The standard InChI is InChI=1S/C26H26FN7O4/c1-26(2,37)21(27)12-34-11-15-6-19(17(8-18(15)25(34)36)16-9-30-33(3)10-16)31-23(35)20-13-38-24(32-20)14-4-5-29-22(28)7-14/h4-10,13,21,37H,11-12H2,1-3H3,(H2,28,29)(H,31,35)/t21-/m1/s1. The molecule has 1 atom stereocenters. The lowest BCUT2D eigenvalue weighted by Crippen LogP contribution is -2.42. The summed E-state index contributed by atoms with van der Waals surface area (Å²) in [4.78, 5) is 35.8. The number of aliphatic hydroxyl groups is 1. The number of aromatic nitrogens is 4. The third-order valence-electron chi connectivity index (χ3n) is 6.30. The van der Waals surface area contributed by atoms with Gasteiger partial charge in [-0.1, -0.05) is 0 Å². The van der Waals surface area contributed by atoms with Crippen molar-refractivity contribution in [1.82, 2.24) is 24.6 Å². The molecule has 1 aromatic carbocycles. The number of amides is 2. The number of aryl methyl sites for hydroxylation is 1. The maximum absolute atomic E-state index is 14.6. The molecule has 0 unspecified atom stereocenters. The third-order valence-corrected chi connectivity index (χ3v) is 6.30. The van der Waals surface area contributed by atoms with E-state index in [1.165, 1.54) is 31.2 Å². The number of carbonyl (C=O) groups excluding carboxylic acids is 2. The number of rotatable bonds is 7. The fourth-order valence-electron chi connectivity index (χ4n) is 4.17. The molecule has 0 saturated carbocycles. The van der Waals surface area contributed by atoms with Crippen molar-refractivity contribution >= 4 is 23.3 Å². The number of nitrogens with zero attached hydrogens (tertiary/aromatic N) is 5. The summed E-state index contributed by atoms with van der Waals surface area (Å²) in [5.41, 5.74) is 7.41. The molecule has 3 aromatic heterocycles. The van der Waals surface area contributed by atoms with Crippen LogP contribution in [0.15, 0.2) is 53.5 Å². The third kappa shape index (κ3) is 4.85. The van der Waals surface area contributed by atoms with Crippen LogP contribution in [0, 0.1) is 0 Å². The van der Waals surface area contributed by atoms with Crippen LogP contribution in [0.25, 0.3) is 22.6 Å². The quantitative estimate of drug-likeness (QED) is 0.337. The number of alkyl halides is 1. The molecule has 5 rings (SSSR count). The van der Waals surface area contributed by atoms with Crippen molar-refractivity contribution in [3.63, 3.8) is 0 Å². The summed E-state index contributed by atoms with van der Waals surface area (Å²) in [7, 11) is 1.75. The summed E-state index contributed by atoms with van der Waals surface area (Å²) in [6.07, 6.45) is 4.48. The van der Waals surface area contributed by atoms with Crippen molar-refractivity contribution in [1.29, 1.82) is 0 Å². The molecule has 196 valence electrons. The average molecular weight is 520 g/mol. The Hall–Kier alpha value is -4.58. The number of nitrogens with two attached hydrogens (primary N) is 1. The van der Waals surface area contributed by atoms with Crippen molar-refractivity contribution in [2.24, 2.45) is 7.05 Å². The van der Waals surface area contributed by atoms with Gasteiger partial charge in [-0.05, 0) is 43.7 Å². The van der Waals surface area contributed by atoms with E-state index in [1.54, 1.807) is 48.4 Å². The lowest BCUT2D eigenvalue weighted by atomic mass is 10.00. The van der Waals surface area contributed by atoms with E-state index >= 15 is 0 Å². The molecule has 0 aliphatic carbocycles. The fourth-order valence-corrected chi connectivity index (χ4v) is 4.17. The maximum Gasteiger partial charge on any atom is 0.277 e. The van der Waals surface area contributed by atoms with Gasteiger partial charge in [-0.25, -0.2) is 14.4 Å². The van der Waals surface area contributed by atoms with Gasteiger partial charge in [0.2, 0.25) is 5.89 Å². The van der Waals surface area contributed by atoms with Gasteiger partial charge in [0.15, 0.2) is 5.69 Å². The van der Waals surface area contributed by atoms with Crippen molar-refractivity contribution in [2.45, 2.75) is 32.2 Å². The van der Waals surface area contributed by atoms with Gasteiger partial charge in [0.25, 0.3) is 11.8 Å². The fraction of sp³-hybridized carbons (Fsp3) is 0.269. The molecule has 4 aromatic rings. The molecule has 0 spiro atoms. The highest BCUT2D eigenvalue weighted by molar-refractivity contribution is 6.07. The number of pyridine rings is 1. The normalized spacial score (nSPS) is 14.0. The van der Waals surface area contributed by atoms with Gasteiger partial charge in [-0.2, -0.15) is 5.10 Å². The highest BCUT2D eigenvalue weighted by Crippen LogP contribution is 2.36. The Morgan fingerprint density at radius 1 is 1.29 bits per heavy atom. The molecule has 38 heavy (non-hydrogen) atoms. The number of carbonyl (C=O) groups is 2. The Bertz CT molecular complexity index is 1540. The van der Waals surface area contributed by atoms with E-state index in [0.717, 1.165) is 0 Å². The highest BCUT2D eigenvalue weighted by Gasteiger charge is 2.35. The summed E-state index contributed by atoms with van der Waals surface area (Å²) in [6, 6.07) is 6.59. The number of nitrogen functional groups attached to an aromatic ring is 1. The predicted molar refractivity (Wildman–Crippen MR) is 137 cm³/mol. The lowest BCUT2D eigenvalue weighted by molar-refractivity contribution is -0.0159. The molecule has 0 saturated heterocycles. The van der Waals surface area contributed by atoms with Gasteiger partial charge in [0.1, 0.15) is 18.3 Å². The second-order valence-electron chi connectivity index (χ2n) is 9.73. The van der Waals surface area contributed by atoms with E-state index in [-0.39, 0.29) is 36.4 Å². The maximum atomic E-state index is 14.6. The first-order valence-electron chi connectivity index (χ1n) is 11.8. The van der Waals surface area contributed by atoms with Crippen LogP contribution in [0.3, 0.4) is 0 Å². The first kappa shape index (κ1) is 25.1. The predicted octanol–water partition coefficient (Wildman–Crippen LogP) is 3.04. The number of benzene rings is 1. The Kier molecular flexibility index (Phi) is 6.19. The van der Waals surface area contributed by atoms with Gasteiger partial charge < -0.3 is 25.5 Å². The van der Waals surface area contributed by atoms with E-state index in [2.05, 4.69) is 20.4 Å². The summed E-state index contributed by atoms with van der Waals surface area (Å²) in [6.45, 7) is 2.59. The minimum atomic E-state index is -1.63. The molecular weight excluding hydrogens is 493 g/mol. The van der Waals surface area contributed by atoms with Crippen LogP contribution < -0.4 is 11.1 Å². The molecule has 4 N–H and O–H groups in total. The van der Waals surface area contributed by atoms with E-state index in [4.69, 9.17) is 10.2 Å². The molecule has 4 heterocycles. The lowest BCUT2D eigenvalue weighted by Gasteiger charge is -2.26. The second-order valence-corrected chi connectivity index (χ2v) is 9.73. The van der Waals surface area contributed by atoms with Gasteiger partial charge in [-0.15, -0.1) is 0 Å². The number of nitrogens with one attached hydrogen (secondary N) is 1. The number of hydrogen-bond acceptors (Lipinski definition) is 8. The van der Waals surface area contributed by atoms with Gasteiger partial charge >= 0.3 is 0 Å². The molecule has 0 radical (unpaired) electrons. The Labute approximate surface area is 217 Å². The summed E-state index contributed by atoms with van der Waals surface area (Å²) < 4.78 is 21.6. The minimum absolute atomic E-state index is 0.0381. The second kappa shape index (κ2) is 9.38. The van der Waals surface area contributed by atoms with E-state index in [1.807, 2.05) is 0 Å².